The van der Waals surface area contributed by atoms with Crippen molar-refractivity contribution in [2.75, 3.05) is 46.2 Å². The molecule has 0 bridgehead atoms. The molecule has 0 aliphatic rings. The fraction of sp³-hybridized carbons (Fsp3) is 1.00. The van der Waals surface area contributed by atoms with Gasteiger partial charge in [-0.3, -0.25) is 14.4 Å². The second kappa shape index (κ2) is 19.4. The number of hydrogen-bond acceptors (Lipinski definition) is 9. The van der Waals surface area contributed by atoms with Gasteiger partial charge in [-0.2, -0.15) is 0 Å². The summed E-state index contributed by atoms with van der Waals surface area (Å²) in [4.78, 5) is 0. The number of unbranched alkanes of at least 4 members (excludes halogenated alkanes) is 4. The number of rotatable bonds is 23. The standard InChI is InChI=1S/C22H49NO8P2/c1-8-15-16-17-18-19-23-20(32(24,30-13-6)21(26-9-2)27-10-3)33(25,31-14-7)22(28-11-4)29-12-5/h20-23H,8-19H2,1-7H3. The lowest BCUT2D eigenvalue weighted by molar-refractivity contribution is -0.0932. The van der Waals surface area contributed by atoms with Crippen molar-refractivity contribution in [3.8, 4) is 0 Å². The largest absolute Gasteiger partial charge is 0.345 e. The van der Waals surface area contributed by atoms with Crippen LogP contribution < -0.4 is 5.32 Å². The molecule has 0 aliphatic heterocycles. The first-order valence-corrected chi connectivity index (χ1v) is 16.1. The molecule has 1 N–H and O–H groups in total. The third-order valence-corrected chi connectivity index (χ3v) is 11.5. The Balaban J connectivity index is 6.35. The first kappa shape index (κ1) is 33.2. The summed E-state index contributed by atoms with van der Waals surface area (Å²) in [5, 5.41) is 3.25. The van der Waals surface area contributed by atoms with Crippen molar-refractivity contribution in [2.24, 2.45) is 0 Å². The second-order valence-corrected chi connectivity index (χ2v) is 12.7. The van der Waals surface area contributed by atoms with Crippen molar-refractivity contribution in [2.45, 2.75) is 98.2 Å². The highest BCUT2D eigenvalue weighted by Gasteiger charge is 2.57. The number of hydrogen-bond donors (Lipinski definition) is 1. The highest BCUT2D eigenvalue weighted by molar-refractivity contribution is 7.77. The summed E-state index contributed by atoms with van der Waals surface area (Å²) in [6.45, 7) is 14.5. The van der Waals surface area contributed by atoms with E-state index in [1.165, 1.54) is 0 Å². The van der Waals surface area contributed by atoms with E-state index in [9.17, 15) is 9.13 Å². The molecular weight excluding hydrogens is 468 g/mol. The van der Waals surface area contributed by atoms with Gasteiger partial charge in [-0.25, -0.2) is 0 Å². The van der Waals surface area contributed by atoms with Crippen LogP contribution in [0.4, 0.5) is 0 Å². The van der Waals surface area contributed by atoms with Gasteiger partial charge >= 0.3 is 0 Å². The van der Waals surface area contributed by atoms with Gasteiger partial charge in [0.15, 0.2) is 5.52 Å². The van der Waals surface area contributed by atoms with Crippen molar-refractivity contribution >= 4 is 14.7 Å². The van der Waals surface area contributed by atoms with Crippen molar-refractivity contribution in [3.05, 3.63) is 0 Å². The van der Waals surface area contributed by atoms with Gasteiger partial charge in [0.05, 0.1) is 13.2 Å². The van der Waals surface area contributed by atoms with Gasteiger partial charge < -0.3 is 28.0 Å². The lowest BCUT2D eigenvalue weighted by atomic mass is 10.1. The predicted octanol–water partition coefficient (Wildman–Crippen LogP) is 6.17. The third-order valence-electron chi connectivity index (χ3n) is 4.78. The van der Waals surface area contributed by atoms with Crippen LogP contribution in [-0.4, -0.2) is 63.8 Å². The SMILES string of the molecule is CCCCCCCNC(P(=O)(OCC)C(OCC)OCC)P(=O)(OCC)C(OCC)OCC. The quantitative estimate of drug-likeness (QED) is 0.0968. The Morgan fingerprint density at radius 3 is 1.30 bits per heavy atom. The van der Waals surface area contributed by atoms with Crippen LogP contribution in [0.3, 0.4) is 0 Å². The van der Waals surface area contributed by atoms with Gasteiger partial charge in [-0.05, 0) is 54.5 Å². The zero-order valence-electron chi connectivity index (χ0n) is 21.9. The van der Waals surface area contributed by atoms with Crippen LogP contribution in [0.1, 0.15) is 80.6 Å². The van der Waals surface area contributed by atoms with Gasteiger partial charge in [0.25, 0.3) is 14.7 Å². The highest BCUT2D eigenvalue weighted by atomic mass is 31.2. The van der Waals surface area contributed by atoms with Crippen molar-refractivity contribution < 1.29 is 37.1 Å². The van der Waals surface area contributed by atoms with Crippen LogP contribution in [0.15, 0.2) is 0 Å². The van der Waals surface area contributed by atoms with Crippen LogP contribution in [0, 0.1) is 0 Å². The minimum Gasteiger partial charge on any atom is -0.345 e. The van der Waals surface area contributed by atoms with E-state index in [2.05, 4.69) is 12.2 Å². The molecule has 2 atom stereocenters. The molecular formula is C22H49NO8P2. The van der Waals surface area contributed by atoms with E-state index in [0.29, 0.717) is 6.54 Å². The van der Waals surface area contributed by atoms with Gasteiger partial charge in [-0.1, -0.05) is 32.6 Å². The summed E-state index contributed by atoms with van der Waals surface area (Å²) in [7, 11) is -7.78. The van der Waals surface area contributed by atoms with Crippen molar-refractivity contribution in [3.63, 3.8) is 0 Å². The summed E-state index contributed by atoms with van der Waals surface area (Å²) >= 11 is 0. The molecule has 0 fully saturated rings. The Bertz CT molecular complexity index is 515. The summed E-state index contributed by atoms with van der Waals surface area (Å²) in [5.74, 6) is 0. The third kappa shape index (κ3) is 10.8. The first-order valence-electron chi connectivity index (χ1n) is 12.5. The molecule has 0 saturated heterocycles. The number of nitrogens with one attached hydrogen (secondary N) is 1. The minimum atomic E-state index is -3.89. The molecule has 0 aromatic rings. The maximum atomic E-state index is 14.5. The van der Waals surface area contributed by atoms with E-state index in [-0.39, 0.29) is 39.6 Å². The Kier molecular flexibility index (Phi) is 19.5. The zero-order chi connectivity index (χ0) is 25.2. The predicted molar refractivity (Wildman–Crippen MR) is 133 cm³/mol. The highest BCUT2D eigenvalue weighted by Crippen LogP contribution is 2.72. The number of ether oxygens (including phenoxy) is 4. The van der Waals surface area contributed by atoms with Gasteiger partial charge in [-0.15, -0.1) is 0 Å². The van der Waals surface area contributed by atoms with E-state index in [0.717, 1.165) is 32.1 Å². The van der Waals surface area contributed by atoms with Crippen LogP contribution in [0.5, 0.6) is 0 Å². The molecule has 0 aliphatic carbocycles. The summed E-state index contributed by atoms with van der Waals surface area (Å²) in [6.07, 6.45) is 5.24. The zero-order valence-corrected chi connectivity index (χ0v) is 23.7. The molecule has 33 heavy (non-hydrogen) atoms. The fourth-order valence-electron chi connectivity index (χ4n) is 3.42. The van der Waals surface area contributed by atoms with Crippen molar-refractivity contribution in [1.82, 2.24) is 5.32 Å². The molecule has 0 heterocycles. The van der Waals surface area contributed by atoms with E-state index in [1.807, 2.05) is 0 Å². The van der Waals surface area contributed by atoms with Gasteiger partial charge in [0.1, 0.15) is 0 Å². The molecule has 0 rings (SSSR count). The maximum absolute atomic E-state index is 14.5. The Hall–Kier alpha value is 0.180. The Morgan fingerprint density at radius 2 is 0.970 bits per heavy atom. The summed E-state index contributed by atoms with van der Waals surface area (Å²) in [5.41, 5.74) is -1.21. The summed E-state index contributed by atoms with van der Waals surface area (Å²) in [6, 6.07) is -2.38. The molecule has 2 unspecified atom stereocenters. The molecule has 0 amide bonds. The fourth-order valence-corrected chi connectivity index (χ4v) is 10.3. The van der Waals surface area contributed by atoms with Crippen LogP contribution in [-0.2, 0) is 37.1 Å². The molecule has 200 valence electrons. The maximum Gasteiger partial charge on any atom is 0.283 e. The van der Waals surface area contributed by atoms with Crippen LogP contribution in [0.25, 0.3) is 0 Å². The smallest absolute Gasteiger partial charge is 0.283 e. The van der Waals surface area contributed by atoms with Crippen molar-refractivity contribution in [1.29, 1.82) is 0 Å². The van der Waals surface area contributed by atoms with Gasteiger partial charge in [0.2, 0.25) is 12.1 Å². The van der Waals surface area contributed by atoms with E-state index in [4.69, 9.17) is 28.0 Å². The average Bonchev–Trinajstić information content (AvgIpc) is 2.78. The molecule has 11 heteroatoms. The second-order valence-electron chi connectivity index (χ2n) is 7.30. The van der Waals surface area contributed by atoms with Gasteiger partial charge in [0, 0.05) is 26.4 Å². The molecule has 0 aromatic carbocycles. The Morgan fingerprint density at radius 1 is 0.576 bits per heavy atom. The first-order chi connectivity index (χ1) is 15.9. The minimum absolute atomic E-state index is 0.128. The topological polar surface area (TPSA) is 102 Å². The normalized spacial score (nSPS) is 16.8. The van der Waals surface area contributed by atoms with Crippen LogP contribution in [0.2, 0.25) is 0 Å². The Labute approximate surface area is 201 Å². The molecule has 0 aromatic heterocycles. The monoisotopic (exact) mass is 517 g/mol. The molecule has 0 spiro atoms. The molecule has 0 saturated carbocycles. The van der Waals surface area contributed by atoms with Crippen LogP contribution >= 0.6 is 14.7 Å². The lowest BCUT2D eigenvalue weighted by Gasteiger charge is -2.39. The van der Waals surface area contributed by atoms with E-state index in [1.54, 1.807) is 41.5 Å². The lowest BCUT2D eigenvalue weighted by Crippen LogP contribution is -2.40. The van der Waals surface area contributed by atoms with E-state index >= 15 is 0 Å². The van der Waals surface area contributed by atoms with E-state index < -0.39 is 32.3 Å². The summed E-state index contributed by atoms with van der Waals surface area (Å²) < 4.78 is 63.5. The molecule has 9 nitrogen and oxygen atoms in total. The average molecular weight is 518 g/mol. The molecule has 0 radical (unpaired) electrons.